The molecule has 1 aliphatic heterocycles. The lowest BCUT2D eigenvalue weighted by Gasteiger charge is -2.27. The van der Waals surface area contributed by atoms with Gasteiger partial charge in [-0.05, 0) is 17.0 Å². The number of fused-ring (bicyclic) bond motifs is 1. The number of hydrogen-bond acceptors (Lipinski definition) is 6. The Morgan fingerprint density at radius 3 is 2.64 bits per heavy atom. The van der Waals surface area contributed by atoms with Gasteiger partial charge in [-0.25, -0.2) is 4.98 Å². The summed E-state index contributed by atoms with van der Waals surface area (Å²) in [4.78, 5) is 35.1. The minimum atomic E-state index is -0.152. The Morgan fingerprint density at radius 1 is 1.09 bits per heavy atom. The van der Waals surface area contributed by atoms with Crippen molar-refractivity contribution in [2.75, 3.05) is 20.6 Å². The molecule has 0 aliphatic carbocycles. The Labute approximate surface area is 199 Å². The predicted octanol–water partition coefficient (Wildman–Crippen LogP) is 4.02. The third-order valence-corrected chi connectivity index (χ3v) is 7.54. The average molecular weight is 478 g/mol. The maximum atomic E-state index is 13.3. The SMILES string of the molecule is CN(C)C(=O)c1nn(Cc2ccccc2)c2c1CN(C(=O)c1csc(-c3cccs3)n1)CC2. The fraction of sp³-hybridized carbons (Fsp3) is 0.250. The highest BCUT2D eigenvalue weighted by molar-refractivity contribution is 7.20. The number of carbonyl (C=O) groups excluding carboxylic acids is 2. The molecule has 0 saturated heterocycles. The van der Waals surface area contributed by atoms with Gasteiger partial charge < -0.3 is 9.80 Å². The molecule has 0 spiro atoms. The Balaban J connectivity index is 1.43. The molecule has 0 radical (unpaired) electrons. The topological polar surface area (TPSA) is 71.3 Å². The first-order valence-electron chi connectivity index (χ1n) is 10.6. The number of rotatable bonds is 5. The molecule has 5 rings (SSSR count). The lowest BCUT2D eigenvalue weighted by molar-refractivity contribution is 0.0721. The number of hydrogen-bond donors (Lipinski definition) is 0. The number of thiazole rings is 1. The summed E-state index contributed by atoms with van der Waals surface area (Å²) in [5.41, 5.74) is 3.84. The van der Waals surface area contributed by atoms with Crippen molar-refractivity contribution in [1.29, 1.82) is 0 Å². The van der Waals surface area contributed by atoms with Gasteiger partial charge in [0.25, 0.3) is 11.8 Å². The molecule has 2 amide bonds. The average Bonchev–Trinajstić information content (AvgIpc) is 3.58. The molecular formula is C24H23N5O2S2. The standard InChI is InChI=1S/C24H23N5O2S2/c1-27(2)24(31)21-17-14-28(23(30)18-15-33-22(25-18)20-9-6-12-32-20)11-10-19(17)29(26-21)13-16-7-4-3-5-8-16/h3-9,12,15H,10-11,13-14H2,1-2H3. The molecule has 0 bridgehead atoms. The van der Waals surface area contributed by atoms with Crippen molar-refractivity contribution in [1.82, 2.24) is 24.6 Å². The fourth-order valence-corrected chi connectivity index (χ4v) is 5.59. The summed E-state index contributed by atoms with van der Waals surface area (Å²) in [6.45, 7) is 1.51. The van der Waals surface area contributed by atoms with Gasteiger partial charge in [-0.1, -0.05) is 36.4 Å². The van der Waals surface area contributed by atoms with E-state index in [1.807, 2.05) is 57.9 Å². The Hall–Kier alpha value is -3.30. The van der Waals surface area contributed by atoms with Crippen molar-refractivity contribution in [3.8, 4) is 9.88 Å². The van der Waals surface area contributed by atoms with E-state index in [1.165, 1.54) is 16.2 Å². The van der Waals surface area contributed by atoms with Crippen molar-refractivity contribution >= 4 is 34.5 Å². The van der Waals surface area contributed by atoms with Crippen molar-refractivity contribution < 1.29 is 9.59 Å². The lowest BCUT2D eigenvalue weighted by atomic mass is 10.0. The Bertz CT molecular complexity index is 1290. The molecule has 0 saturated carbocycles. The van der Waals surface area contributed by atoms with Gasteiger partial charge in [-0.2, -0.15) is 5.10 Å². The monoisotopic (exact) mass is 477 g/mol. The van der Waals surface area contributed by atoms with Gasteiger partial charge in [0.2, 0.25) is 0 Å². The first-order chi connectivity index (χ1) is 16.0. The van der Waals surface area contributed by atoms with E-state index in [4.69, 9.17) is 0 Å². The lowest BCUT2D eigenvalue weighted by Crippen LogP contribution is -2.37. The summed E-state index contributed by atoms with van der Waals surface area (Å²) in [6, 6.07) is 14.1. The van der Waals surface area contributed by atoms with Crippen LogP contribution in [-0.2, 0) is 19.5 Å². The predicted molar refractivity (Wildman–Crippen MR) is 130 cm³/mol. The number of amides is 2. The van der Waals surface area contributed by atoms with E-state index in [1.54, 1.807) is 30.3 Å². The van der Waals surface area contributed by atoms with Crippen LogP contribution in [-0.4, -0.2) is 57.0 Å². The van der Waals surface area contributed by atoms with Gasteiger partial charge >= 0.3 is 0 Å². The van der Waals surface area contributed by atoms with Crippen LogP contribution in [0.25, 0.3) is 9.88 Å². The third-order valence-electron chi connectivity index (χ3n) is 5.66. The van der Waals surface area contributed by atoms with Crippen LogP contribution in [0.5, 0.6) is 0 Å². The summed E-state index contributed by atoms with van der Waals surface area (Å²) in [5, 5.41) is 9.36. The first-order valence-corrected chi connectivity index (χ1v) is 12.4. The zero-order valence-electron chi connectivity index (χ0n) is 18.4. The van der Waals surface area contributed by atoms with Crippen LogP contribution in [0.4, 0.5) is 0 Å². The minimum Gasteiger partial charge on any atom is -0.343 e. The quantitative estimate of drug-likeness (QED) is 0.435. The second-order valence-electron chi connectivity index (χ2n) is 8.11. The molecule has 168 valence electrons. The fourth-order valence-electron chi connectivity index (χ4n) is 3.98. The number of thiophene rings is 1. The highest BCUT2D eigenvalue weighted by Gasteiger charge is 2.31. The Kier molecular flexibility index (Phi) is 5.82. The smallest absolute Gasteiger partial charge is 0.274 e. The van der Waals surface area contributed by atoms with E-state index in [0.717, 1.165) is 26.7 Å². The van der Waals surface area contributed by atoms with E-state index >= 15 is 0 Å². The van der Waals surface area contributed by atoms with Crippen LogP contribution in [0.2, 0.25) is 0 Å². The molecule has 7 nitrogen and oxygen atoms in total. The Morgan fingerprint density at radius 2 is 1.91 bits per heavy atom. The van der Waals surface area contributed by atoms with Crippen molar-refractivity contribution in [2.45, 2.75) is 19.5 Å². The van der Waals surface area contributed by atoms with Gasteiger partial charge in [-0.3, -0.25) is 14.3 Å². The van der Waals surface area contributed by atoms with Gasteiger partial charge in [0.1, 0.15) is 10.7 Å². The minimum absolute atomic E-state index is 0.112. The maximum Gasteiger partial charge on any atom is 0.274 e. The van der Waals surface area contributed by atoms with E-state index < -0.39 is 0 Å². The van der Waals surface area contributed by atoms with Crippen molar-refractivity contribution in [3.63, 3.8) is 0 Å². The van der Waals surface area contributed by atoms with Crippen LogP contribution < -0.4 is 0 Å². The summed E-state index contributed by atoms with van der Waals surface area (Å²) in [6.07, 6.45) is 0.642. The molecular weight excluding hydrogens is 454 g/mol. The normalized spacial score (nSPS) is 13.1. The van der Waals surface area contributed by atoms with E-state index in [-0.39, 0.29) is 11.8 Å². The first kappa shape index (κ1) is 21.5. The van der Waals surface area contributed by atoms with Crippen LogP contribution in [0, 0.1) is 0 Å². The summed E-state index contributed by atoms with van der Waals surface area (Å²) < 4.78 is 1.92. The summed E-state index contributed by atoms with van der Waals surface area (Å²) in [5.74, 6) is -0.264. The van der Waals surface area contributed by atoms with E-state index in [9.17, 15) is 9.59 Å². The molecule has 4 heterocycles. The highest BCUT2D eigenvalue weighted by Crippen LogP contribution is 2.30. The largest absolute Gasteiger partial charge is 0.343 e. The highest BCUT2D eigenvalue weighted by atomic mass is 32.1. The zero-order chi connectivity index (χ0) is 22.9. The molecule has 3 aromatic heterocycles. The second kappa shape index (κ2) is 8.92. The molecule has 1 aliphatic rings. The van der Waals surface area contributed by atoms with Gasteiger partial charge in [0.05, 0.1) is 18.0 Å². The van der Waals surface area contributed by atoms with Crippen LogP contribution >= 0.6 is 22.7 Å². The van der Waals surface area contributed by atoms with E-state index in [0.29, 0.717) is 37.4 Å². The molecule has 0 unspecified atom stereocenters. The molecule has 9 heteroatoms. The molecule has 0 N–H and O–H groups in total. The van der Waals surface area contributed by atoms with Crippen LogP contribution in [0.3, 0.4) is 0 Å². The third kappa shape index (κ3) is 4.21. The number of nitrogens with zero attached hydrogens (tertiary/aromatic N) is 5. The van der Waals surface area contributed by atoms with Crippen LogP contribution in [0.15, 0.2) is 53.2 Å². The zero-order valence-corrected chi connectivity index (χ0v) is 20.0. The van der Waals surface area contributed by atoms with Crippen molar-refractivity contribution in [3.05, 3.63) is 81.4 Å². The molecule has 1 aromatic carbocycles. The molecule has 4 aromatic rings. The van der Waals surface area contributed by atoms with Gasteiger partial charge in [-0.15, -0.1) is 22.7 Å². The molecule has 0 atom stereocenters. The van der Waals surface area contributed by atoms with Crippen LogP contribution in [0.1, 0.15) is 37.8 Å². The maximum absolute atomic E-state index is 13.3. The molecule has 33 heavy (non-hydrogen) atoms. The van der Waals surface area contributed by atoms with Gasteiger partial charge in [0, 0.05) is 43.7 Å². The number of carbonyl (C=O) groups is 2. The number of aromatic nitrogens is 3. The van der Waals surface area contributed by atoms with Crippen molar-refractivity contribution in [2.24, 2.45) is 0 Å². The summed E-state index contributed by atoms with van der Waals surface area (Å²) >= 11 is 3.09. The van der Waals surface area contributed by atoms with E-state index in [2.05, 4.69) is 10.1 Å². The van der Waals surface area contributed by atoms with Gasteiger partial charge in [0.15, 0.2) is 5.69 Å². The number of benzene rings is 1. The second-order valence-corrected chi connectivity index (χ2v) is 9.91. The summed E-state index contributed by atoms with van der Waals surface area (Å²) in [7, 11) is 3.44. The molecule has 0 fully saturated rings.